The van der Waals surface area contributed by atoms with E-state index in [0.29, 0.717) is 17.9 Å². The fraction of sp³-hybridized carbons (Fsp3) is 0.276. The number of rotatable bonds is 5. The van der Waals surface area contributed by atoms with E-state index in [0.717, 1.165) is 39.9 Å². The Labute approximate surface area is 226 Å². The number of fused-ring (bicyclic) bond motifs is 3. The summed E-state index contributed by atoms with van der Waals surface area (Å²) < 4.78 is 42.2. The number of aromatic nitrogens is 2. The molecule has 2 aliphatic heterocycles. The molecule has 2 aromatic carbocycles. The van der Waals surface area contributed by atoms with Crippen molar-refractivity contribution in [2.45, 2.75) is 30.6 Å². The molecule has 10 heteroatoms. The quantitative estimate of drug-likeness (QED) is 0.400. The molecule has 0 spiro atoms. The van der Waals surface area contributed by atoms with Gasteiger partial charge in [-0.15, -0.1) is 0 Å². The van der Waals surface area contributed by atoms with Gasteiger partial charge < -0.3 is 19.5 Å². The van der Waals surface area contributed by atoms with Gasteiger partial charge in [0.05, 0.1) is 60.0 Å². The molecule has 4 aromatic rings. The summed E-state index contributed by atoms with van der Waals surface area (Å²) in [5, 5.41) is 3.71. The molecule has 0 aliphatic carbocycles. The van der Waals surface area contributed by atoms with E-state index in [1.54, 1.807) is 25.4 Å². The van der Waals surface area contributed by atoms with E-state index in [1.807, 2.05) is 36.4 Å². The highest BCUT2D eigenvalue weighted by Crippen LogP contribution is 2.41. The van der Waals surface area contributed by atoms with Crippen LogP contribution >= 0.6 is 0 Å². The van der Waals surface area contributed by atoms with Crippen LogP contribution in [0, 0.1) is 0 Å². The predicted molar refractivity (Wildman–Crippen MR) is 144 cm³/mol. The fourth-order valence-corrected chi connectivity index (χ4v) is 6.37. The number of hydrogen-bond acceptors (Lipinski definition) is 8. The number of ether oxygens (including phenoxy) is 3. The molecule has 1 atom stereocenters. The lowest BCUT2D eigenvalue weighted by molar-refractivity contribution is 0.0639. The van der Waals surface area contributed by atoms with Gasteiger partial charge in [0.15, 0.2) is 9.84 Å². The summed E-state index contributed by atoms with van der Waals surface area (Å²) >= 11 is 0. The van der Waals surface area contributed by atoms with E-state index in [9.17, 15) is 13.2 Å². The van der Waals surface area contributed by atoms with Gasteiger partial charge in [-0.25, -0.2) is 13.4 Å². The molecule has 0 fully saturated rings. The molecule has 6 rings (SSSR count). The van der Waals surface area contributed by atoms with Crippen LogP contribution in [0.15, 0.2) is 65.7 Å². The first kappa shape index (κ1) is 25.4. The SMILES string of the molecule is COC1CCOc2c(-c3ccc4cnc(CNC(=O)c5ccc6c(c5)S(=O)(=O)CCOC6)cc4n3)cccc21. The molecule has 200 valence electrons. The Morgan fingerprint density at radius 1 is 1.13 bits per heavy atom. The summed E-state index contributed by atoms with van der Waals surface area (Å²) in [4.78, 5) is 22.4. The third kappa shape index (κ3) is 4.98. The minimum Gasteiger partial charge on any atom is -0.492 e. The van der Waals surface area contributed by atoms with Gasteiger partial charge in [-0.1, -0.05) is 18.2 Å². The zero-order chi connectivity index (χ0) is 27.0. The Morgan fingerprint density at radius 3 is 2.90 bits per heavy atom. The Morgan fingerprint density at radius 2 is 2.03 bits per heavy atom. The normalized spacial score (nSPS) is 17.9. The number of para-hydroxylation sites is 1. The maximum atomic E-state index is 12.9. The molecule has 0 radical (unpaired) electrons. The van der Waals surface area contributed by atoms with Gasteiger partial charge in [0.25, 0.3) is 5.91 Å². The average molecular weight is 546 g/mol. The number of carbonyl (C=O) groups excluding carboxylic acids is 1. The number of sulfone groups is 1. The minimum atomic E-state index is -3.51. The van der Waals surface area contributed by atoms with E-state index in [2.05, 4.69) is 10.3 Å². The fourth-order valence-electron chi connectivity index (χ4n) is 4.98. The van der Waals surface area contributed by atoms with Crippen molar-refractivity contribution in [1.29, 1.82) is 0 Å². The molecule has 4 heterocycles. The zero-order valence-corrected chi connectivity index (χ0v) is 22.2. The van der Waals surface area contributed by atoms with Crippen molar-refractivity contribution >= 4 is 26.6 Å². The molecule has 1 amide bonds. The number of pyridine rings is 2. The zero-order valence-electron chi connectivity index (χ0n) is 21.3. The van der Waals surface area contributed by atoms with Crippen LogP contribution in [-0.2, 0) is 32.5 Å². The summed E-state index contributed by atoms with van der Waals surface area (Å²) in [5.74, 6) is 0.298. The largest absolute Gasteiger partial charge is 0.492 e. The van der Waals surface area contributed by atoms with Crippen LogP contribution < -0.4 is 10.1 Å². The van der Waals surface area contributed by atoms with Crippen molar-refractivity contribution in [3.05, 3.63) is 83.2 Å². The van der Waals surface area contributed by atoms with Gasteiger partial charge >= 0.3 is 0 Å². The van der Waals surface area contributed by atoms with E-state index in [-0.39, 0.29) is 48.0 Å². The van der Waals surface area contributed by atoms with Crippen LogP contribution in [0.25, 0.3) is 22.2 Å². The van der Waals surface area contributed by atoms with Gasteiger partial charge in [-0.2, -0.15) is 0 Å². The first-order chi connectivity index (χ1) is 18.9. The summed E-state index contributed by atoms with van der Waals surface area (Å²) in [7, 11) is -1.80. The van der Waals surface area contributed by atoms with Crippen LogP contribution in [0.4, 0.5) is 0 Å². The summed E-state index contributed by atoms with van der Waals surface area (Å²) in [5.41, 5.74) is 4.87. The first-order valence-corrected chi connectivity index (χ1v) is 14.3. The summed E-state index contributed by atoms with van der Waals surface area (Å²) in [6.07, 6.45) is 2.51. The lowest BCUT2D eigenvalue weighted by Crippen LogP contribution is -2.23. The number of benzene rings is 2. The van der Waals surface area contributed by atoms with Gasteiger partial charge in [-0.3, -0.25) is 9.78 Å². The van der Waals surface area contributed by atoms with Crippen molar-refractivity contribution in [2.24, 2.45) is 0 Å². The maximum absolute atomic E-state index is 12.9. The Kier molecular flexibility index (Phi) is 6.76. The molecular weight excluding hydrogens is 518 g/mol. The molecule has 1 unspecified atom stereocenters. The highest BCUT2D eigenvalue weighted by Gasteiger charge is 2.25. The number of nitrogens with zero attached hydrogens (tertiary/aromatic N) is 2. The van der Waals surface area contributed by atoms with Crippen molar-refractivity contribution in [1.82, 2.24) is 15.3 Å². The van der Waals surface area contributed by atoms with E-state index >= 15 is 0 Å². The number of amides is 1. The number of carbonyl (C=O) groups is 1. The molecule has 2 aliphatic rings. The lowest BCUT2D eigenvalue weighted by atomic mass is 9.98. The van der Waals surface area contributed by atoms with Crippen molar-refractivity contribution < 1.29 is 27.4 Å². The average Bonchev–Trinajstić information content (AvgIpc) is 3.11. The Hall–Kier alpha value is -3.86. The second kappa shape index (κ2) is 10.4. The molecule has 2 aromatic heterocycles. The van der Waals surface area contributed by atoms with Crippen LogP contribution in [-0.4, -0.2) is 50.4 Å². The van der Waals surface area contributed by atoms with E-state index < -0.39 is 9.84 Å². The highest BCUT2D eigenvalue weighted by molar-refractivity contribution is 7.91. The third-order valence-electron chi connectivity index (χ3n) is 7.06. The smallest absolute Gasteiger partial charge is 0.251 e. The van der Waals surface area contributed by atoms with Crippen molar-refractivity contribution in [2.75, 3.05) is 26.1 Å². The van der Waals surface area contributed by atoms with Crippen LogP contribution in [0.5, 0.6) is 5.75 Å². The summed E-state index contributed by atoms with van der Waals surface area (Å²) in [6.45, 7) is 1.08. The van der Waals surface area contributed by atoms with Crippen molar-refractivity contribution in [3.8, 4) is 17.0 Å². The van der Waals surface area contributed by atoms with Gasteiger partial charge in [-0.05, 0) is 42.0 Å². The number of methoxy groups -OCH3 is 1. The van der Waals surface area contributed by atoms with Crippen LogP contribution in [0.3, 0.4) is 0 Å². The molecule has 0 bridgehead atoms. The topological polar surface area (TPSA) is 117 Å². The summed E-state index contributed by atoms with van der Waals surface area (Å²) in [6, 6.07) is 16.4. The second-order valence-corrected chi connectivity index (χ2v) is 11.6. The molecule has 0 saturated carbocycles. The van der Waals surface area contributed by atoms with Gasteiger partial charge in [0, 0.05) is 41.8 Å². The first-order valence-electron chi connectivity index (χ1n) is 12.7. The standard InChI is InChI=1S/C29H27N3O6S/c1-36-26-9-10-38-28-22(3-2-4-23(26)28)24-8-7-19-15-30-21(14-25(19)32-24)16-31-29(33)18-5-6-20-17-37-11-12-39(34,35)27(20)13-18/h2-8,13-15,26H,9-12,16-17H2,1H3,(H,31,33). The Balaban J connectivity index is 1.24. The van der Waals surface area contributed by atoms with Crippen LogP contribution in [0.1, 0.15) is 39.7 Å². The molecule has 9 nitrogen and oxygen atoms in total. The molecule has 1 N–H and O–H groups in total. The van der Waals surface area contributed by atoms with Gasteiger partial charge in [0.2, 0.25) is 0 Å². The highest BCUT2D eigenvalue weighted by atomic mass is 32.2. The lowest BCUT2D eigenvalue weighted by Gasteiger charge is -2.26. The van der Waals surface area contributed by atoms with Crippen molar-refractivity contribution in [3.63, 3.8) is 0 Å². The Bertz CT molecular complexity index is 1690. The minimum absolute atomic E-state index is 0.0124. The van der Waals surface area contributed by atoms with E-state index in [4.69, 9.17) is 19.2 Å². The predicted octanol–water partition coefficient (Wildman–Crippen LogP) is 4.00. The maximum Gasteiger partial charge on any atom is 0.251 e. The monoisotopic (exact) mass is 545 g/mol. The van der Waals surface area contributed by atoms with Gasteiger partial charge in [0.1, 0.15) is 5.75 Å². The second-order valence-electron chi connectivity index (χ2n) is 9.53. The van der Waals surface area contributed by atoms with Crippen LogP contribution in [0.2, 0.25) is 0 Å². The number of hydrogen-bond donors (Lipinski definition) is 1. The molecule has 0 saturated heterocycles. The van der Waals surface area contributed by atoms with E-state index in [1.165, 1.54) is 6.07 Å². The third-order valence-corrected chi connectivity index (χ3v) is 8.81. The molecule has 39 heavy (non-hydrogen) atoms. The molecular formula is C29H27N3O6S. The number of nitrogens with one attached hydrogen (secondary N) is 1.